The molecule has 1 aromatic heterocycles. The quantitative estimate of drug-likeness (QED) is 0.748. The van der Waals surface area contributed by atoms with Crippen molar-refractivity contribution in [3.8, 4) is 0 Å². The molecule has 0 bridgehead atoms. The van der Waals surface area contributed by atoms with Crippen LogP contribution in [-0.4, -0.2) is 17.4 Å². The van der Waals surface area contributed by atoms with Gasteiger partial charge in [-0.1, -0.05) is 0 Å². The Morgan fingerprint density at radius 1 is 1.60 bits per heavy atom. The summed E-state index contributed by atoms with van der Waals surface area (Å²) < 4.78 is 0. The van der Waals surface area contributed by atoms with Crippen LogP contribution in [0.1, 0.15) is 24.0 Å². The van der Waals surface area contributed by atoms with Crippen LogP contribution in [0.4, 0.5) is 0 Å². The largest absolute Gasteiger partial charge is 0.352 e. The Hall–Kier alpha value is -1.42. The standard InChI is InChI=1S/C11H17N3O/c1-9-4-6-13-7-10(9)8-14-11(15)3-2-5-12/h4,6-7H,2-3,5,8,12H2,1H3,(H,14,15). The molecule has 0 saturated heterocycles. The van der Waals surface area contributed by atoms with E-state index >= 15 is 0 Å². The van der Waals surface area contributed by atoms with Gasteiger partial charge in [-0.3, -0.25) is 9.78 Å². The van der Waals surface area contributed by atoms with Crippen LogP contribution in [0.3, 0.4) is 0 Å². The number of nitrogens with two attached hydrogens (primary N) is 1. The summed E-state index contributed by atoms with van der Waals surface area (Å²) in [5, 5.41) is 2.84. The molecule has 82 valence electrons. The fraction of sp³-hybridized carbons (Fsp3) is 0.455. The van der Waals surface area contributed by atoms with Crippen LogP contribution in [-0.2, 0) is 11.3 Å². The van der Waals surface area contributed by atoms with Crippen molar-refractivity contribution in [1.29, 1.82) is 0 Å². The number of carbonyl (C=O) groups is 1. The Bertz CT molecular complexity index is 325. The first-order valence-electron chi connectivity index (χ1n) is 5.10. The highest BCUT2D eigenvalue weighted by atomic mass is 16.1. The third kappa shape index (κ3) is 4.08. The maximum atomic E-state index is 11.3. The van der Waals surface area contributed by atoms with Gasteiger partial charge in [-0.05, 0) is 37.1 Å². The van der Waals surface area contributed by atoms with E-state index in [1.807, 2.05) is 13.0 Å². The summed E-state index contributed by atoms with van der Waals surface area (Å²) in [4.78, 5) is 15.3. The van der Waals surface area contributed by atoms with Gasteiger partial charge in [0, 0.05) is 25.4 Å². The van der Waals surface area contributed by atoms with Crippen molar-refractivity contribution >= 4 is 5.91 Å². The lowest BCUT2D eigenvalue weighted by Gasteiger charge is -2.06. The van der Waals surface area contributed by atoms with Crippen molar-refractivity contribution in [3.63, 3.8) is 0 Å². The highest BCUT2D eigenvalue weighted by molar-refractivity contribution is 5.75. The first-order valence-corrected chi connectivity index (χ1v) is 5.10. The van der Waals surface area contributed by atoms with Gasteiger partial charge in [-0.15, -0.1) is 0 Å². The number of nitrogens with one attached hydrogen (secondary N) is 1. The lowest BCUT2D eigenvalue weighted by Crippen LogP contribution is -2.23. The third-order valence-electron chi connectivity index (χ3n) is 2.23. The molecule has 0 aromatic carbocycles. The maximum absolute atomic E-state index is 11.3. The normalized spacial score (nSPS) is 10.0. The van der Waals surface area contributed by atoms with Gasteiger partial charge in [0.25, 0.3) is 0 Å². The van der Waals surface area contributed by atoms with Gasteiger partial charge in [-0.25, -0.2) is 0 Å². The first-order chi connectivity index (χ1) is 7.24. The highest BCUT2D eigenvalue weighted by Gasteiger charge is 2.01. The van der Waals surface area contributed by atoms with Crippen LogP contribution in [0, 0.1) is 6.92 Å². The van der Waals surface area contributed by atoms with Crippen molar-refractivity contribution in [2.24, 2.45) is 5.73 Å². The number of aryl methyl sites for hydroxylation is 1. The Kier molecular flexibility index (Phi) is 4.77. The minimum absolute atomic E-state index is 0.0451. The molecule has 1 heterocycles. The van der Waals surface area contributed by atoms with Crippen molar-refractivity contribution in [1.82, 2.24) is 10.3 Å². The average Bonchev–Trinajstić information content (AvgIpc) is 2.25. The number of hydrogen-bond acceptors (Lipinski definition) is 3. The van der Waals surface area contributed by atoms with Crippen LogP contribution in [0.15, 0.2) is 18.5 Å². The Morgan fingerprint density at radius 2 is 2.40 bits per heavy atom. The molecule has 1 amide bonds. The van der Waals surface area contributed by atoms with Gasteiger partial charge in [0.1, 0.15) is 0 Å². The van der Waals surface area contributed by atoms with Crippen molar-refractivity contribution in [2.45, 2.75) is 26.3 Å². The van der Waals surface area contributed by atoms with E-state index in [1.54, 1.807) is 12.4 Å². The Labute approximate surface area is 89.9 Å². The topological polar surface area (TPSA) is 68.0 Å². The minimum Gasteiger partial charge on any atom is -0.352 e. The monoisotopic (exact) mass is 207 g/mol. The number of carbonyl (C=O) groups excluding carboxylic acids is 1. The zero-order valence-electron chi connectivity index (χ0n) is 8.99. The van der Waals surface area contributed by atoms with Gasteiger partial charge in [-0.2, -0.15) is 0 Å². The van der Waals surface area contributed by atoms with Crippen LogP contribution in [0.2, 0.25) is 0 Å². The van der Waals surface area contributed by atoms with E-state index in [9.17, 15) is 4.79 Å². The molecule has 3 N–H and O–H groups in total. The number of amides is 1. The summed E-state index contributed by atoms with van der Waals surface area (Å²) in [5.41, 5.74) is 7.52. The molecule has 0 saturated carbocycles. The molecule has 0 aliphatic heterocycles. The summed E-state index contributed by atoms with van der Waals surface area (Å²) >= 11 is 0. The molecule has 0 unspecified atom stereocenters. The van der Waals surface area contributed by atoms with E-state index in [2.05, 4.69) is 10.3 Å². The number of pyridine rings is 1. The molecule has 0 atom stereocenters. The molecule has 0 radical (unpaired) electrons. The SMILES string of the molecule is Cc1ccncc1CNC(=O)CCCN. The van der Waals surface area contributed by atoms with Crippen LogP contribution < -0.4 is 11.1 Å². The predicted octanol–water partition coefficient (Wildman–Crippen LogP) is 0.745. The van der Waals surface area contributed by atoms with Gasteiger partial charge in [0.05, 0.1) is 0 Å². The predicted molar refractivity (Wildman–Crippen MR) is 59.1 cm³/mol. The molecule has 0 spiro atoms. The van der Waals surface area contributed by atoms with Crippen LogP contribution in [0.5, 0.6) is 0 Å². The van der Waals surface area contributed by atoms with Crippen molar-refractivity contribution < 1.29 is 4.79 Å². The van der Waals surface area contributed by atoms with Gasteiger partial charge in [0.15, 0.2) is 0 Å². The summed E-state index contributed by atoms with van der Waals surface area (Å²) in [7, 11) is 0. The maximum Gasteiger partial charge on any atom is 0.220 e. The van der Waals surface area contributed by atoms with E-state index in [0.717, 1.165) is 17.5 Å². The summed E-state index contributed by atoms with van der Waals surface area (Å²) in [6.45, 7) is 3.10. The number of rotatable bonds is 5. The molecule has 0 aliphatic carbocycles. The molecular formula is C11H17N3O. The van der Waals surface area contributed by atoms with E-state index in [1.165, 1.54) is 0 Å². The number of aromatic nitrogens is 1. The van der Waals surface area contributed by atoms with E-state index in [4.69, 9.17) is 5.73 Å². The minimum atomic E-state index is 0.0451. The van der Waals surface area contributed by atoms with Gasteiger partial charge >= 0.3 is 0 Å². The number of hydrogen-bond donors (Lipinski definition) is 2. The molecule has 4 heteroatoms. The molecule has 0 aliphatic rings. The highest BCUT2D eigenvalue weighted by Crippen LogP contribution is 2.04. The first kappa shape index (κ1) is 11.7. The van der Waals surface area contributed by atoms with E-state index in [0.29, 0.717) is 19.5 Å². The second kappa shape index (κ2) is 6.14. The van der Waals surface area contributed by atoms with Crippen molar-refractivity contribution in [3.05, 3.63) is 29.6 Å². The smallest absolute Gasteiger partial charge is 0.220 e. The Morgan fingerprint density at radius 3 is 3.07 bits per heavy atom. The average molecular weight is 207 g/mol. The van der Waals surface area contributed by atoms with Crippen LogP contribution >= 0.6 is 0 Å². The summed E-state index contributed by atoms with van der Waals surface area (Å²) in [6.07, 6.45) is 4.75. The van der Waals surface area contributed by atoms with E-state index < -0.39 is 0 Å². The molecule has 4 nitrogen and oxygen atoms in total. The van der Waals surface area contributed by atoms with Crippen LogP contribution in [0.25, 0.3) is 0 Å². The molecule has 15 heavy (non-hydrogen) atoms. The van der Waals surface area contributed by atoms with E-state index in [-0.39, 0.29) is 5.91 Å². The molecular weight excluding hydrogens is 190 g/mol. The fourth-order valence-electron chi connectivity index (χ4n) is 1.23. The van der Waals surface area contributed by atoms with Crippen molar-refractivity contribution in [2.75, 3.05) is 6.54 Å². The van der Waals surface area contributed by atoms with Gasteiger partial charge in [0.2, 0.25) is 5.91 Å². The Balaban J connectivity index is 2.37. The summed E-state index contributed by atoms with van der Waals surface area (Å²) in [5.74, 6) is 0.0451. The molecule has 1 aromatic rings. The lowest BCUT2D eigenvalue weighted by atomic mass is 10.1. The zero-order chi connectivity index (χ0) is 11.1. The van der Waals surface area contributed by atoms with Gasteiger partial charge < -0.3 is 11.1 Å². The second-order valence-corrected chi connectivity index (χ2v) is 3.47. The number of nitrogens with zero attached hydrogens (tertiary/aromatic N) is 1. The summed E-state index contributed by atoms with van der Waals surface area (Å²) in [6, 6.07) is 1.93. The molecule has 0 fully saturated rings. The fourth-order valence-corrected chi connectivity index (χ4v) is 1.23. The molecule has 1 rings (SSSR count). The third-order valence-corrected chi connectivity index (χ3v) is 2.23. The lowest BCUT2D eigenvalue weighted by molar-refractivity contribution is -0.121. The zero-order valence-corrected chi connectivity index (χ0v) is 8.99. The second-order valence-electron chi connectivity index (χ2n) is 3.47.